The van der Waals surface area contributed by atoms with Crippen LogP contribution in [0.4, 0.5) is 10.2 Å². The summed E-state index contributed by atoms with van der Waals surface area (Å²) >= 11 is 0. The van der Waals surface area contributed by atoms with Crippen LogP contribution in [0, 0.1) is 5.82 Å². The second-order valence-electron chi connectivity index (χ2n) is 8.49. The number of benzene rings is 1. The van der Waals surface area contributed by atoms with E-state index < -0.39 is 0 Å². The summed E-state index contributed by atoms with van der Waals surface area (Å²) in [7, 11) is 1.82. The number of rotatable bonds is 5. The number of nitrogens with zero attached hydrogens (tertiary/aromatic N) is 4. The zero-order valence-corrected chi connectivity index (χ0v) is 18.7. The Morgan fingerprint density at radius 1 is 1.19 bits per heavy atom. The Hall–Kier alpha value is -3.03. The Bertz CT molecular complexity index is 995. The van der Waals surface area contributed by atoms with Crippen molar-refractivity contribution in [2.24, 2.45) is 0 Å². The average molecular weight is 440 g/mol. The third kappa shape index (κ3) is 4.59. The molecule has 1 aromatic carbocycles. The van der Waals surface area contributed by atoms with Gasteiger partial charge in [-0.1, -0.05) is 18.2 Å². The lowest BCUT2D eigenvalue weighted by Crippen LogP contribution is -2.40. The molecule has 0 aliphatic carbocycles. The summed E-state index contributed by atoms with van der Waals surface area (Å²) in [6, 6.07) is 6.42. The number of hydrogen-bond acceptors (Lipinski definition) is 5. The van der Waals surface area contributed by atoms with Gasteiger partial charge >= 0.3 is 0 Å². The van der Waals surface area contributed by atoms with Crippen LogP contribution in [0.1, 0.15) is 61.3 Å². The molecule has 1 atom stereocenters. The van der Waals surface area contributed by atoms with E-state index in [0.29, 0.717) is 43.9 Å². The zero-order valence-electron chi connectivity index (χ0n) is 18.7. The largest absolute Gasteiger partial charge is 0.373 e. The van der Waals surface area contributed by atoms with Crippen LogP contribution in [-0.4, -0.2) is 51.7 Å². The lowest BCUT2D eigenvalue weighted by atomic mass is 9.98. The molecule has 1 N–H and O–H groups in total. The number of anilines is 1. The summed E-state index contributed by atoms with van der Waals surface area (Å²) in [6.45, 7) is 3.37. The van der Waals surface area contributed by atoms with Crippen LogP contribution in [-0.2, 0) is 29.0 Å². The minimum Gasteiger partial charge on any atom is -0.373 e. The molecule has 1 saturated heterocycles. The predicted molar refractivity (Wildman–Crippen MR) is 119 cm³/mol. The molecule has 0 spiro atoms. The molecule has 0 bridgehead atoms. The highest BCUT2D eigenvalue weighted by Gasteiger charge is 2.32. The van der Waals surface area contributed by atoms with Gasteiger partial charge in [-0.3, -0.25) is 9.59 Å². The smallest absolute Gasteiger partial charge is 0.223 e. The van der Waals surface area contributed by atoms with Crippen LogP contribution in [0.15, 0.2) is 24.3 Å². The lowest BCUT2D eigenvalue weighted by molar-refractivity contribution is -0.135. The molecular weight excluding hydrogens is 409 g/mol. The standard InChI is InChI=1S/C24H30FN5O2/c1-16(31)29-14-12-20-18(15-29)23(26-2)28-24(27-20)21-9-5-6-13-30(21)22(32)11-10-17-7-3-4-8-19(17)25/h3-4,7-8,21H,5-6,9-15H2,1-2H3,(H,26,27,28)/t21-/m0/s1. The van der Waals surface area contributed by atoms with Crippen molar-refractivity contribution >= 4 is 17.6 Å². The molecule has 4 rings (SSSR count). The zero-order chi connectivity index (χ0) is 22.7. The number of aromatic nitrogens is 2. The summed E-state index contributed by atoms with van der Waals surface area (Å²) in [4.78, 5) is 38.2. The quantitative estimate of drug-likeness (QED) is 0.774. The van der Waals surface area contributed by atoms with Crippen LogP contribution >= 0.6 is 0 Å². The summed E-state index contributed by atoms with van der Waals surface area (Å²) in [5.74, 6) is 1.16. The molecule has 1 fully saturated rings. The second kappa shape index (κ2) is 9.63. The molecule has 0 saturated carbocycles. The first kappa shape index (κ1) is 22.2. The van der Waals surface area contributed by atoms with E-state index >= 15 is 0 Å². The molecule has 1 aromatic heterocycles. The van der Waals surface area contributed by atoms with Gasteiger partial charge in [-0.15, -0.1) is 0 Å². The molecule has 8 heteroatoms. The van der Waals surface area contributed by atoms with Crippen molar-refractivity contribution in [1.82, 2.24) is 19.8 Å². The molecule has 3 heterocycles. The minimum atomic E-state index is -0.271. The van der Waals surface area contributed by atoms with Crippen molar-refractivity contribution in [3.8, 4) is 0 Å². The number of halogens is 1. The van der Waals surface area contributed by atoms with Gasteiger partial charge in [0.05, 0.1) is 18.3 Å². The Morgan fingerprint density at radius 2 is 2.00 bits per heavy atom. The van der Waals surface area contributed by atoms with Crippen LogP contribution in [0.25, 0.3) is 0 Å². The third-order valence-electron chi connectivity index (χ3n) is 6.45. The average Bonchev–Trinajstić information content (AvgIpc) is 2.82. The maximum absolute atomic E-state index is 14.0. The van der Waals surface area contributed by atoms with Gasteiger partial charge in [0.1, 0.15) is 11.6 Å². The molecule has 2 aliphatic heterocycles. The van der Waals surface area contributed by atoms with Gasteiger partial charge in [0.25, 0.3) is 0 Å². The molecule has 2 amide bonds. The van der Waals surface area contributed by atoms with Gasteiger partial charge in [0.2, 0.25) is 11.8 Å². The van der Waals surface area contributed by atoms with E-state index in [2.05, 4.69) is 5.32 Å². The van der Waals surface area contributed by atoms with Crippen molar-refractivity contribution in [2.75, 3.05) is 25.5 Å². The van der Waals surface area contributed by atoms with Crippen molar-refractivity contribution in [2.45, 2.75) is 58.0 Å². The van der Waals surface area contributed by atoms with Crippen molar-refractivity contribution in [1.29, 1.82) is 0 Å². The highest BCUT2D eigenvalue weighted by Crippen LogP contribution is 2.33. The molecule has 0 unspecified atom stereocenters. The predicted octanol–water partition coefficient (Wildman–Crippen LogP) is 3.25. The molecule has 0 radical (unpaired) electrons. The molecule has 2 aliphatic rings. The first-order chi connectivity index (χ1) is 15.5. The van der Waals surface area contributed by atoms with Crippen LogP contribution in [0.3, 0.4) is 0 Å². The molecular formula is C24H30FN5O2. The Morgan fingerprint density at radius 3 is 2.75 bits per heavy atom. The number of carbonyl (C=O) groups excluding carboxylic acids is 2. The van der Waals surface area contributed by atoms with Gasteiger partial charge in [-0.05, 0) is 37.3 Å². The Kier molecular flexibility index (Phi) is 6.67. The molecule has 170 valence electrons. The number of nitrogens with one attached hydrogen (secondary N) is 1. The van der Waals surface area contributed by atoms with E-state index in [9.17, 15) is 14.0 Å². The normalized spacial score (nSPS) is 18.3. The van der Waals surface area contributed by atoms with E-state index in [1.165, 1.54) is 6.07 Å². The summed E-state index contributed by atoms with van der Waals surface area (Å²) in [5.41, 5.74) is 2.46. The fourth-order valence-corrected chi connectivity index (χ4v) is 4.64. The van der Waals surface area contributed by atoms with E-state index in [4.69, 9.17) is 9.97 Å². The highest BCUT2D eigenvalue weighted by atomic mass is 19.1. The first-order valence-electron chi connectivity index (χ1n) is 11.3. The Labute approximate surface area is 188 Å². The van der Waals surface area contributed by atoms with E-state index in [1.54, 1.807) is 30.0 Å². The number of amides is 2. The molecule has 32 heavy (non-hydrogen) atoms. The topological polar surface area (TPSA) is 78.4 Å². The Balaban J connectivity index is 1.55. The van der Waals surface area contributed by atoms with E-state index in [-0.39, 0.29) is 30.1 Å². The lowest BCUT2D eigenvalue weighted by Gasteiger charge is -2.36. The van der Waals surface area contributed by atoms with Crippen molar-refractivity contribution in [3.63, 3.8) is 0 Å². The van der Waals surface area contributed by atoms with Gasteiger partial charge < -0.3 is 15.1 Å². The maximum atomic E-state index is 14.0. The fraction of sp³-hybridized carbons (Fsp3) is 0.500. The SMILES string of the molecule is CNc1nc([C@@H]2CCCCN2C(=O)CCc2ccccc2F)nc2c1CN(C(C)=O)CC2. The number of carbonyl (C=O) groups is 2. The second-order valence-corrected chi connectivity index (χ2v) is 8.49. The van der Waals surface area contributed by atoms with Gasteiger partial charge in [-0.25, -0.2) is 14.4 Å². The number of hydrogen-bond donors (Lipinski definition) is 1. The number of aryl methyl sites for hydroxylation is 1. The summed E-state index contributed by atoms with van der Waals surface area (Å²) < 4.78 is 14.0. The van der Waals surface area contributed by atoms with Gasteiger partial charge in [0.15, 0.2) is 5.82 Å². The van der Waals surface area contributed by atoms with Gasteiger partial charge in [-0.2, -0.15) is 0 Å². The summed E-state index contributed by atoms with van der Waals surface area (Å²) in [5, 5.41) is 3.16. The molecule has 2 aromatic rings. The van der Waals surface area contributed by atoms with Crippen LogP contribution in [0.2, 0.25) is 0 Å². The van der Waals surface area contributed by atoms with Crippen LogP contribution < -0.4 is 5.32 Å². The maximum Gasteiger partial charge on any atom is 0.223 e. The number of fused-ring (bicyclic) bond motifs is 1. The van der Waals surface area contributed by atoms with Crippen molar-refractivity contribution in [3.05, 3.63) is 52.7 Å². The van der Waals surface area contributed by atoms with Gasteiger partial charge in [0, 0.05) is 45.5 Å². The van der Waals surface area contributed by atoms with Crippen LogP contribution in [0.5, 0.6) is 0 Å². The third-order valence-corrected chi connectivity index (χ3v) is 6.45. The summed E-state index contributed by atoms with van der Waals surface area (Å²) in [6.07, 6.45) is 4.08. The minimum absolute atomic E-state index is 0.00744. The highest BCUT2D eigenvalue weighted by molar-refractivity contribution is 5.77. The molecule has 7 nitrogen and oxygen atoms in total. The van der Waals surface area contributed by atoms with Crippen molar-refractivity contribution < 1.29 is 14.0 Å². The first-order valence-corrected chi connectivity index (χ1v) is 11.3. The number of likely N-dealkylation sites (tertiary alicyclic amines) is 1. The fourth-order valence-electron chi connectivity index (χ4n) is 4.64. The van der Waals surface area contributed by atoms with E-state index in [1.807, 2.05) is 11.9 Å². The number of piperidine rings is 1. The van der Waals surface area contributed by atoms with E-state index in [0.717, 1.165) is 36.3 Å². The monoisotopic (exact) mass is 439 g/mol.